The van der Waals surface area contributed by atoms with Gasteiger partial charge in [0.15, 0.2) is 0 Å². The molecule has 7 nitrogen and oxygen atoms in total. The summed E-state index contributed by atoms with van der Waals surface area (Å²) in [6, 6.07) is 21.1. The van der Waals surface area contributed by atoms with Crippen molar-refractivity contribution in [3.05, 3.63) is 100 Å². The Balaban J connectivity index is 2.09. The molecular weight excluding hydrogens is 546 g/mol. The van der Waals surface area contributed by atoms with Crippen LogP contribution in [0.3, 0.4) is 0 Å². The molecule has 0 aliphatic rings. The SMILES string of the molecule is CC[C@@H](C)NC(=O)[C@H](Cc1ccccc1)N(Cc1ccccc1C)C(=O)CN(c1ccc(Cl)cc1C)S(C)(=O)=O. The van der Waals surface area contributed by atoms with Crippen molar-refractivity contribution in [3.8, 4) is 0 Å². The molecule has 2 amide bonds. The molecule has 3 rings (SSSR count). The van der Waals surface area contributed by atoms with Gasteiger partial charge in [-0.15, -0.1) is 0 Å². The van der Waals surface area contributed by atoms with Crippen LogP contribution in [0.15, 0.2) is 72.8 Å². The minimum Gasteiger partial charge on any atom is -0.352 e. The highest BCUT2D eigenvalue weighted by Crippen LogP contribution is 2.26. The molecule has 0 fully saturated rings. The van der Waals surface area contributed by atoms with Crippen LogP contribution in [0.5, 0.6) is 0 Å². The smallest absolute Gasteiger partial charge is 0.244 e. The van der Waals surface area contributed by atoms with E-state index < -0.39 is 28.5 Å². The van der Waals surface area contributed by atoms with Gasteiger partial charge in [-0.3, -0.25) is 13.9 Å². The van der Waals surface area contributed by atoms with E-state index in [1.54, 1.807) is 25.1 Å². The molecule has 3 aromatic carbocycles. The van der Waals surface area contributed by atoms with Crippen molar-refractivity contribution in [1.29, 1.82) is 0 Å². The molecule has 0 bridgehead atoms. The average molecular weight is 584 g/mol. The summed E-state index contributed by atoms with van der Waals surface area (Å²) in [6.07, 6.45) is 2.07. The zero-order chi connectivity index (χ0) is 29.4. The minimum atomic E-state index is -3.85. The molecule has 0 radical (unpaired) electrons. The zero-order valence-corrected chi connectivity index (χ0v) is 25.3. The van der Waals surface area contributed by atoms with Gasteiger partial charge in [-0.2, -0.15) is 0 Å². The summed E-state index contributed by atoms with van der Waals surface area (Å²) in [7, 11) is -3.85. The number of amides is 2. The number of rotatable bonds is 12. The lowest BCUT2D eigenvalue weighted by Gasteiger charge is -2.34. The molecule has 0 spiro atoms. The van der Waals surface area contributed by atoms with Gasteiger partial charge in [0.05, 0.1) is 11.9 Å². The Kier molecular flexibility index (Phi) is 10.8. The number of hydrogen-bond acceptors (Lipinski definition) is 4. The van der Waals surface area contributed by atoms with Crippen LogP contribution >= 0.6 is 11.6 Å². The number of halogens is 1. The topological polar surface area (TPSA) is 86.8 Å². The number of carbonyl (C=O) groups excluding carboxylic acids is 2. The second kappa shape index (κ2) is 13.8. The maximum atomic E-state index is 14.2. The molecule has 0 aliphatic heterocycles. The summed E-state index contributed by atoms with van der Waals surface area (Å²) in [6.45, 7) is 7.27. The summed E-state index contributed by atoms with van der Waals surface area (Å²) >= 11 is 6.12. The van der Waals surface area contributed by atoms with Crippen LogP contribution in [0.4, 0.5) is 5.69 Å². The highest BCUT2D eigenvalue weighted by molar-refractivity contribution is 7.92. The molecule has 0 aliphatic carbocycles. The maximum absolute atomic E-state index is 14.2. The van der Waals surface area contributed by atoms with Crippen LogP contribution in [0.25, 0.3) is 0 Å². The van der Waals surface area contributed by atoms with Gasteiger partial charge in [0.2, 0.25) is 21.8 Å². The molecule has 9 heteroatoms. The molecule has 0 aromatic heterocycles. The van der Waals surface area contributed by atoms with Gasteiger partial charge in [0.25, 0.3) is 0 Å². The number of carbonyl (C=O) groups is 2. The van der Waals surface area contributed by atoms with Crippen LogP contribution in [-0.4, -0.2) is 50.0 Å². The summed E-state index contributed by atoms with van der Waals surface area (Å²) < 4.78 is 27.0. The number of benzene rings is 3. The van der Waals surface area contributed by atoms with Crippen molar-refractivity contribution < 1.29 is 18.0 Å². The quantitative estimate of drug-likeness (QED) is 0.314. The number of anilines is 1. The van der Waals surface area contributed by atoms with Crippen molar-refractivity contribution in [2.24, 2.45) is 0 Å². The standard InChI is InChI=1S/C31H38ClN3O4S/c1-6-24(4)33-31(37)29(19-25-13-8-7-9-14-25)34(20-26-15-11-10-12-22(26)2)30(36)21-35(40(5,38)39)28-17-16-27(32)18-23(28)3/h7-18,24,29H,6,19-21H2,1-5H3,(H,33,37)/t24-,29+/m1/s1. The molecule has 40 heavy (non-hydrogen) atoms. The van der Waals surface area contributed by atoms with E-state index in [-0.39, 0.29) is 24.9 Å². The van der Waals surface area contributed by atoms with E-state index in [4.69, 9.17) is 11.6 Å². The fourth-order valence-electron chi connectivity index (χ4n) is 4.46. The first-order valence-electron chi connectivity index (χ1n) is 13.3. The first-order valence-corrected chi connectivity index (χ1v) is 15.6. The number of sulfonamides is 1. The van der Waals surface area contributed by atoms with Crippen LogP contribution < -0.4 is 9.62 Å². The molecule has 0 saturated carbocycles. The van der Waals surface area contributed by atoms with E-state index in [1.807, 2.05) is 75.4 Å². The second-order valence-electron chi connectivity index (χ2n) is 10.2. The van der Waals surface area contributed by atoms with Crippen LogP contribution in [-0.2, 0) is 32.6 Å². The Morgan fingerprint density at radius 2 is 1.60 bits per heavy atom. The maximum Gasteiger partial charge on any atom is 0.244 e. The van der Waals surface area contributed by atoms with E-state index in [0.717, 1.165) is 33.7 Å². The largest absolute Gasteiger partial charge is 0.352 e. The molecular formula is C31H38ClN3O4S. The zero-order valence-electron chi connectivity index (χ0n) is 23.7. The van der Waals surface area contributed by atoms with Gasteiger partial charge < -0.3 is 10.2 Å². The van der Waals surface area contributed by atoms with E-state index in [2.05, 4.69) is 5.32 Å². The summed E-state index contributed by atoms with van der Waals surface area (Å²) in [5.74, 6) is -0.767. The van der Waals surface area contributed by atoms with Gasteiger partial charge in [-0.05, 0) is 67.6 Å². The van der Waals surface area contributed by atoms with Gasteiger partial charge in [-0.1, -0.05) is 73.1 Å². The van der Waals surface area contributed by atoms with Crippen LogP contribution in [0, 0.1) is 13.8 Å². The molecule has 2 atom stereocenters. The van der Waals surface area contributed by atoms with Crippen molar-refractivity contribution in [3.63, 3.8) is 0 Å². The Morgan fingerprint density at radius 1 is 0.950 bits per heavy atom. The van der Waals surface area contributed by atoms with Crippen LogP contribution in [0.1, 0.15) is 42.5 Å². The molecule has 0 heterocycles. The molecule has 3 aromatic rings. The van der Waals surface area contributed by atoms with Crippen molar-refractivity contribution in [2.75, 3.05) is 17.1 Å². The van der Waals surface area contributed by atoms with E-state index in [9.17, 15) is 18.0 Å². The van der Waals surface area contributed by atoms with Crippen molar-refractivity contribution in [1.82, 2.24) is 10.2 Å². The fourth-order valence-corrected chi connectivity index (χ4v) is 5.59. The third-order valence-corrected chi connectivity index (χ3v) is 8.34. The lowest BCUT2D eigenvalue weighted by atomic mass is 10.0. The number of nitrogens with one attached hydrogen (secondary N) is 1. The van der Waals surface area contributed by atoms with Crippen molar-refractivity contribution >= 4 is 39.1 Å². The minimum absolute atomic E-state index is 0.0922. The third-order valence-electron chi connectivity index (χ3n) is 6.98. The third kappa shape index (κ3) is 8.32. The van der Waals surface area contributed by atoms with E-state index in [1.165, 1.54) is 4.90 Å². The first kappa shape index (κ1) is 31.2. The van der Waals surface area contributed by atoms with Crippen molar-refractivity contribution in [2.45, 2.75) is 59.2 Å². The number of nitrogens with zero attached hydrogens (tertiary/aromatic N) is 2. The molecule has 0 unspecified atom stereocenters. The summed E-state index contributed by atoms with van der Waals surface area (Å²) in [5, 5.41) is 3.50. The first-order chi connectivity index (χ1) is 18.9. The predicted octanol–water partition coefficient (Wildman–Crippen LogP) is 5.28. The number of aryl methyl sites for hydroxylation is 2. The van der Waals surface area contributed by atoms with E-state index in [0.29, 0.717) is 16.3 Å². The van der Waals surface area contributed by atoms with Gasteiger partial charge in [0, 0.05) is 24.0 Å². The van der Waals surface area contributed by atoms with E-state index >= 15 is 0 Å². The summed E-state index contributed by atoms with van der Waals surface area (Å²) in [4.78, 5) is 29.4. The molecule has 0 saturated heterocycles. The average Bonchev–Trinajstić information content (AvgIpc) is 2.90. The highest BCUT2D eigenvalue weighted by Gasteiger charge is 2.34. The number of hydrogen-bond donors (Lipinski definition) is 1. The van der Waals surface area contributed by atoms with Gasteiger partial charge in [-0.25, -0.2) is 8.42 Å². The Hall–Kier alpha value is -3.36. The highest BCUT2D eigenvalue weighted by atomic mass is 35.5. The molecule has 214 valence electrons. The Bertz CT molecular complexity index is 1430. The van der Waals surface area contributed by atoms with Gasteiger partial charge >= 0.3 is 0 Å². The monoisotopic (exact) mass is 583 g/mol. The van der Waals surface area contributed by atoms with Gasteiger partial charge in [0.1, 0.15) is 12.6 Å². The lowest BCUT2D eigenvalue weighted by Crippen LogP contribution is -2.54. The fraction of sp³-hybridized carbons (Fsp3) is 0.355. The predicted molar refractivity (Wildman–Crippen MR) is 162 cm³/mol. The Morgan fingerprint density at radius 3 is 2.20 bits per heavy atom. The lowest BCUT2D eigenvalue weighted by molar-refractivity contribution is -0.140. The normalized spacial score (nSPS) is 12.8. The second-order valence-corrected chi connectivity index (χ2v) is 12.5. The van der Waals surface area contributed by atoms with Crippen LogP contribution in [0.2, 0.25) is 5.02 Å². The molecule has 1 N–H and O–H groups in total. The summed E-state index contributed by atoms with van der Waals surface area (Å²) in [5.41, 5.74) is 3.71. The Labute approximate surface area is 243 Å².